The summed E-state index contributed by atoms with van der Waals surface area (Å²) in [5, 5.41) is 7.52. The molecule has 1 aromatic heterocycles. The van der Waals surface area contributed by atoms with Gasteiger partial charge in [-0.25, -0.2) is 4.98 Å². The van der Waals surface area contributed by atoms with Gasteiger partial charge in [-0.2, -0.15) is 5.10 Å². The number of aryl methyl sites for hydroxylation is 1. The van der Waals surface area contributed by atoms with Crippen LogP contribution in [0.3, 0.4) is 0 Å². The number of nitrogens with zero attached hydrogens (tertiary/aromatic N) is 2. The molecular formula is C23H26ClN3O2S. The Morgan fingerprint density at radius 1 is 1.20 bits per heavy atom. The molecule has 5 nitrogen and oxygen atoms in total. The largest absolute Gasteiger partial charge is 0.490 e. The number of anilines is 1. The number of hydrazone groups is 1. The first-order valence-corrected chi connectivity index (χ1v) is 11.1. The second kappa shape index (κ2) is 10.5. The van der Waals surface area contributed by atoms with E-state index >= 15 is 0 Å². The average molecular weight is 444 g/mol. The number of halogens is 1. The van der Waals surface area contributed by atoms with Crippen molar-refractivity contribution in [3.8, 4) is 22.8 Å². The molecule has 3 aromatic rings. The molecule has 0 aliphatic heterocycles. The predicted molar refractivity (Wildman–Crippen MR) is 126 cm³/mol. The number of nitrogens with one attached hydrogen (secondary N) is 1. The summed E-state index contributed by atoms with van der Waals surface area (Å²) in [6.07, 6.45) is 1.69. The van der Waals surface area contributed by atoms with Crippen molar-refractivity contribution < 1.29 is 9.47 Å². The van der Waals surface area contributed by atoms with Gasteiger partial charge in [0.1, 0.15) is 0 Å². The van der Waals surface area contributed by atoms with Gasteiger partial charge in [-0.1, -0.05) is 55.3 Å². The Hall–Kier alpha value is -2.57. The molecule has 1 N–H and O–H groups in total. The maximum absolute atomic E-state index is 6.43. The summed E-state index contributed by atoms with van der Waals surface area (Å²) in [4.78, 5) is 4.58. The second-order valence-electron chi connectivity index (χ2n) is 7.24. The van der Waals surface area contributed by atoms with Crippen LogP contribution in [0.5, 0.6) is 11.5 Å². The van der Waals surface area contributed by atoms with Crippen LogP contribution in [0.4, 0.5) is 5.13 Å². The van der Waals surface area contributed by atoms with Gasteiger partial charge >= 0.3 is 0 Å². The Kier molecular flexibility index (Phi) is 7.71. The molecule has 30 heavy (non-hydrogen) atoms. The lowest BCUT2D eigenvalue weighted by Gasteiger charge is -2.15. The van der Waals surface area contributed by atoms with E-state index < -0.39 is 0 Å². The Morgan fingerprint density at radius 2 is 1.97 bits per heavy atom. The molecule has 0 unspecified atom stereocenters. The molecule has 3 rings (SSSR count). The van der Waals surface area contributed by atoms with E-state index in [1.54, 1.807) is 6.21 Å². The van der Waals surface area contributed by atoms with Crippen LogP contribution in [0.25, 0.3) is 11.3 Å². The van der Waals surface area contributed by atoms with Crippen LogP contribution in [-0.2, 0) is 0 Å². The molecule has 1 heterocycles. The van der Waals surface area contributed by atoms with E-state index in [-0.39, 0.29) is 0 Å². The highest BCUT2D eigenvalue weighted by Crippen LogP contribution is 2.36. The van der Waals surface area contributed by atoms with Crippen molar-refractivity contribution in [2.45, 2.75) is 27.7 Å². The van der Waals surface area contributed by atoms with Crippen molar-refractivity contribution in [3.05, 3.63) is 57.9 Å². The highest BCUT2D eigenvalue weighted by Gasteiger charge is 2.13. The normalized spacial score (nSPS) is 11.3. The minimum atomic E-state index is 0.393. The number of ether oxygens (including phenoxy) is 2. The van der Waals surface area contributed by atoms with Gasteiger partial charge in [-0.3, -0.25) is 5.43 Å². The van der Waals surface area contributed by atoms with Gasteiger partial charge in [-0.15, -0.1) is 11.3 Å². The zero-order chi connectivity index (χ0) is 21.5. The van der Waals surface area contributed by atoms with Gasteiger partial charge < -0.3 is 9.47 Å². The molecule has 2 aromatic carbocycles. The zero-order valence-corrected chi connectivity index (χ0v) is 19.2. The van der Waals surface area contributed by atoms with Crippen molar-refractivity contribution in [2.75, 3.05) is 18.6 Å². The van der Waals surface area contributed by atoms with Crippen LogP contribution >= 0.6 is 22.9 Å². The number of thiazole rings is 1. The van der Waals surface area contributed by atoms with E-state index in [4.69, 9.17) is 21.1 Å². The number of rotatable bonds is 9. The van der Waals surface area contributed by atoms with Crippen molar-refractivity contribution >= 4 is 34.3 Å². The Bertz CT molecular complexity index is 1000. The molecule has 0 aliphatic carbocycles. The lowest BCUT2D eigenvalue weighted by molar-refractivity contribution is 0.248. The Morgan fingerprint density at radius 3 is 2.67 bits per heavy atom. The smallest absolute Gasteiger partial charge is 0.203 e. The molecule has 7 heteroatoms. The van der Waals surface area contributed by atoms with Gasteiger partial charge in [0.15, 0.2) is 11.5 Å². The van der Waals surface area contributed by atoms with Crippen molar-refractivity contribution in [2.24, 2.45) is 11.0 Å². The van der Waals surface area contributed by atoms with E-state index in [2.05, 4.69) is 60.5 Å². The topological polar surface area (TPSA) is 55.7 Å². The first-order valence-electron chi connectivity index (χ1n) is 9.87. The lowest BCUT2D eigenvalue weighted by atomic mass is 10.1. The Balaban J connectivity index is 1.70. The van der Waals surface area contributed by atoms with Gasteiger partial charge in [0.2, 0.25) is 5.13 Å². The van der Waals surface area contributed by atoms with Gasteiger partial charge in [0.25, 0.3) is 0 Å². The third-order valence-electron chi connectivity index (χ3n) is 4.12. The fraction of sp³-hybridized carbons (Fsp3) is 0.304. The van der Waals surface area contributed by atoms with E-state index in [1.165, 1.54) is 16.9 Å². The average Bonchev–Trinajstić information content (AvgIpc) is 3.17. The summed E-state index contributed by atoms with van der Waals surface area (Å²) in [7, 11) is 0. The number of hydrogen-bond donors (Lipinski definition) is 1. The summed E-state index contributed by atoms with van der Waals surface area (Å²) in [6.45, 7) is 9.26. The molecule has 0 saturated heterocycles. The molecule has 0 bridgehead atoms. The van der Waals surface area contributed by atoms with E-state index in [0.717, 1.165) is 22.0 Å². The van der Waals surface area contributed by atoms with Crippen LogP contribution in [0.15, 0.2) is 46.9 Å². The van der Waals surface area contributed by atoms with Crippen molar-refractivity contribution in [1.29, 1.82) is 0 Å². The van der Waals surface area contributed by atoms with Crippen LogP contribution in [0.1, 0.15) is 31.9 Å². The first-order chi connectivity index (χ1) is 14.5. The van der Waals surface area contributed by atoms with Crippen LogP contribution < -0.4 is 14.9 Å². The van der Waals surface area contributed by atoms with Crippen LogP contribution in [0, 0.1) is 12.8 Å². The molecule has 0 radical (unpaired) electrons. The fourth-order valence-corrected chi connectivity index (χ4v) is 3.60. The molecule has 0 spiro atoms. The molecule has 0 atom stereocenters. The van der Waals surface area contributed by atoms with Gasteiger partial charge in [0.05, 0.1) is 30.1 Å². The van der Waals surface area contributed by atoms with Crippen LogP contribution in [-0.4, -0.2) is 24.4 Å². The molecule has 0 fully saturated rings. The molecule has 0 saturated carbocycles. The fourth-order valence-electron chi connectivity index (χ4n) is 2.66. The first kappa shape index (κ1) is 22.1. The predicted octanol–water partition coefficient (Wildman–Crippen LogP) is 6.65. The lowest BCUT2D eigenvalue weighted by Crippen LogP contribution is -2.07. The summed E-state index contributed by atoms with van der Waals surface area (Å²) in [5.74, 6) is 1.58. The van der Waals surface area contributed by atoms with Crippen LogP contribution in [0.2, 0.25) is 5.02 Å². The SMILES string of the molecule is CCOc1cc(/C=N\Nc2nc(-c3ccc(C)cc3)cs2)cc(Cl)c1OCC(C)C. The number of aromatic nitrogens is 1. The maximum atomic E-state index is 6.43. The molecule has 0 aliphatic rings. The standard InChI is InChI=1S/C23H26ClN3O2S/c1-5-28-21-11-17(10-19(24)22(21)29-13-15(2)3)12-25-27-23-26-20(14-30-23)18-8-6-16(4)7-9-18/h6-12,14-15H,5,13H2,1-4H3,(H,26,27)/b25-12-. The highest BCUT2D eigenvalue weighted by molar-refractivity contribution is 7.14. The highest BCUT2D eigenvalue weighted by atomic mass is 35.5. The summed E-state index contributed by atoms with van der Waals surface area (Å²) in [5.41, 5.74) is 7.02. The minimum Gasteiger partial charge on any atom is -0.490 e. The minimum absolute atomic E-state index is 0.393. The third kappa shape index (κ3) is 5.97. The maximum Gasteiger partial charge on any atom is 0.203 e. The second-order valence-corrected chi connectivity index (χ2v) is 8.51. The van der Waals surface area contributed by atoms with E-state index in [1.807, 2.05) is 24.4 Å². The quantitative estimate of drug-likeness (QED) is 0.297. The van der Waals surface area contributed by atoms with Crippen molar-refractivity contribution in [1.82, 2.24) is 4.98 Å². The molecular weight excluding hydrogens is 418 g/mol. The summed E-state index contributed by atoms with van der Waals surface area (Å²) in [6, 6.07) is 12.0. The van der Waals surface area contributed by atoms with E-state index in [0.29, 0.717) is 35.7 Å². The third-order valence-corrected chi connectivity index (χ3v) is 5.15. The summed E-state index contributed by atoms with van der Waals surface area (Å²) < 4.78 is 11.6. The summed E-state index contributed by atoms with van der Waals surface area (Å²) >= 11 is 7.94. The van der Waals surface area contributed by atoms with E-state index in [9.17, 15) is 0 Å². The van der Waals surface area contributed by atoms with Gasteiger partial charge in [-0.05, 0) is 37.5 Å². The number of benzene rings is 2. The zero-order valence-electron chi connectivity index (χ0n) is 17.6. The molecule has 158 valence electrons. The number of hydrogen-bond acceptors (Lipinski definition) is 6. The molecule has 0 amide bonds. The monoisotopic (exact) mass is 443 g/mol. The van der Waals surface area contributed by atoms with Gasteiger partial charge in [0, 0.05) is 10.9 Å². The van der Waals surface area contributed by atoms with Crippen molar-refractivity contribution in [3.63, 3.8) is 0 Å². The Labute approximate surface area is 186 Å².